The van der Waals surface area contributed by atoms with E-state index < -0.39 is 75.7 Å². The summed E-state index contributed by atoms with van der Waals surface area (Å²) in [7, 11) is -5.15. The molecule has 0 aromatic rings. The van der Waals surface area contributed by atoms with Crippen molar-refractivity contribution >= 4 is 19.8 Å². The molecule has 0 aromatic heterocycles. The summed E-state index contributed by atoms with van der Waals surface area (Å²) in [6.45, 7) is 3.19. The molecule has 0 radical (unpaired) electrons. The molecule has 1 aliphatic heterocycles. The lowest BCUT2D eigenvalue weighted by molar-refractivity contribution is -0.220. The van der Waals surface area contributed by atoms with Gasteiger partial charge in [0.25, 0.3) is 0 Å². The van der Waals surface area contributed by atoms with Gasteiger partial charge in [-0.05, 0) is 38.5 Å². The Morgan fingerprint density at radius 1 is 0.613 bits per heavy atom. The Balaban J connectivity index is 1.75. The fraction of sp³-hybridized carbons (Fsp3) is 0.787. The molecule has 15 heteroatoms. The number of phosphoric ester groups is 1. The number of allylic oxidation sites excluding steroid dienone is 7. The van der Waals surface area contributed by atoms with E-state index in [0.717, 1.165) is 32.1 Å². The topological polar surface area (TPSA) is 222 Å². The maximum atomic E-state index is 12.8. The Kier molecular flexibility index (Phi) is 30.8. The first-order chi connectivity index (χ1) is 29.9. The third-order valence-electron chi connectivity index (χ3n) is 11.1. The van der Waals surface area contributed by atoms with Crippen LogP contribution in [0, 0.1) is 0 Å². The monoisotopic (exact) mass is 901 g/mol. The van der Waals surface area contributed by atoms with Gasteiger partial charge in [0.2, 0.25) is 0 Å². The van der Waals surface area contributed by atoms with E-state index in [1.54, 1.807) is 0 Å². The third-order valence-corrected chi connectivity index (χ3v) is 12.1. The predicted octanol–water partition coefficient (Wildman–Crippen LogP) is 8.16. The quantitative estimate of drug-likeness (QED) is 0.00865. The highest BCUT2D eigenvalue weighted by atomic mass is 31.2. The Morgan fingerprint density at radius 2 is 1.15 bits per heavy atom. The molecule has 8 unspecified atom stereocenters. The Morgan fingerprint density at radius 3 is 1.76 bits per heavy atom. The smallest absolute Gasteiger partial charge is 0.462 e. The maximum absolute atomic E-state index is 12.8. The average Bonchev–Trinajstić information content (AvgIpc) is 4.01. The van der Waals surface area contributed by atoms with Crippen molar-refractivity contribution in [1.82, 2.24) is 0 Å². The van der Waals surface area contributed by atoms with Gasteiger partial charge in [0.1, 0.15) is 49.3 Å². The number of epoxide rings is 1. The number of carbonyl (C=O) groups is 2. The van der Waals surface area contributed by atoms with Crippen LogP contribution >= 0.6 is 7.82 Å². The molecule has 2 aliphatic rings. The fourth-order valence-electron chi connectivity index (χ4n) is 7.21. The van der Waals surface area contributed by atoms with Crippen molar-refractivity contribution in [1.29, 1.82) is 0 Å². The number of hydrogen-bond acceptors (Lipinski definition) is 13. The number of aliphatic hydroxyl groups excluding tert-OH is 5. The molecule has 2 rings (SSSR count). The number of aliphatic hydroxyl groups is 5. The zero-order chi connectivity index (χ0) is 45.4. The molecule has 1 heterocycles. The highest BCUT2D eigenvalue weighted by molar-refractivity contribution is 7.47. The van der Waals surface area contributed by atoms with Gasteiger partial charge in [-0.3, -0.25) is 18.6 Å². The van der Waals surface area contributed by atoms with Gasteiger partial charge in [-0.1, -0.05) is 165 Å². The molecule has 0 aromatic carbocycles. The molecule has 358 valence electrons. The van der Waals surface area contributed by atoms with Gasteiger partial charge < -0.3 is 44.6 Å². The normalized spacial score (nSPS) is 25.5. The number of unbranched alkanes of at least 4 members (excludes halogenated alkanes) is 17. The number of ether oxygens (including phenoxy) is 3. The zero-order valence-electron chi connectivity index (χ0n) is 37.6. The summed E-state index contributed by atoms with van der Waals surface area (Å²) in [5, 5.41) is 50.2. The Bertz CT molecular complexity index is 1340. The van der Waals surface area contributed by atoms with Crippen LogP contribution in [0.3, 0.4) is 0 Å². The lowest BCUT2D eigenvalue weighted by Crippen LogP contribution is -2.64. The lowest BCUT2D eigenvalue weighted by Gasteiger charge is -2.41. The van der Waals surface area contributed by atoms with Crippen LogP contribution in [0.4, 0.5) is 0 Å². The molecule has 1 saturated heterocycles. The van der Waals surface area contributed by atoms with Gasteiger partial charge in [-0.2, -0.15) is 0 Å². The van der Waals surface area contributed by atoms with Crippen molar-refractivity contribution in [2.45, 2.75) is 223 Å². The van der Waals surface area contributed by atoms with E-state index in [1.807, 2.05) is 30.4 Å². The first-order valence-electron chi connectivity index (χ1n) is 23.6. The summed E-state index contributed by atoms with van der Waals surface area (Å²) in [5.41, 5.74) is 0. The summed E-state index contributed by atoms with van der Waals surface area (Å²) in [6, 6.07) is 0. The molecular weight excluding hydrogens is 819 g/mol. The van der Waals surface area contributed by atoms with Crippen molar-refractivity contribution in [3.05, 3.63) is 48.6 Å². The average molecular weight is 901 g/mol. The van der Waals surface area contributed by atoms with Gasteiger partial charge in [0.05, 0.1) is 12.7 Å². The van der Waals surface area contributed by atoms with Gasteiger partial charge in [0, 0.05) is 12.8 Å². The molecule has 8 atom stereocenters. The molecule has 6 N–H and O–H groups in total. The minimum atomic E-state index is -5.15. The minimum absolute atomic E-state index is 0.0105. The molecule has 62 heavy (non-hydrogen) atoms. The Hall–Kier alpha value is -2.23. The van der Waals surface area contributed by atoms with Crippen LogP contribution < -0.4 is 0 Å². The van der Waals surface area contributed by atoms with Crippen LogP contribution in [0.5, 0.6) is 0 Å². The number of rotatable bonds is 37. The fourth-order valence-corrected chi connectivity index (χ4v) is 8.18. The second-order valence-electron chi connectivity index (χ2n) is 16.7. The summed E-state index contributed by atoms with van der Waals surface area (Å²) in [4.78, 5) is 35.8. The summed E-state index contributed by atoms with van der Waals surface area (Å²) in [5.74, 6) is -1.19. The second kappa shape index (κ2) is 34.2. The van der Waals surface area contributed by atoms with E-state index in [-0.39, 0.29) is 25.0 Å². The highest BCUT2D eigenvalue weighted by Gasteiger charge is 2.51. The minimum Gasteiger partial charge on any atom is -0.462 e. The van der Waals surface area contributed by atoms with E-state index in [1.165, 1.54) is 89.9 Å². The number of esters is 2. The maximum Gasteiger partial charge on any atom is 0.472 e. The van der Waals surface area contributed by atoms with Crippen molar-refractivity contribution in [2.24, 2.45) is 0 Å². The third kappa shape index (κ3) is 25.9. The highest BCUT2D eigenvalue weighted by Crippen LogP contribution is 2.47. The zero-order valence-corrected chi connectivity index (χ0v) is 38.5. The number of hydrogen-bond donors (Lipinski definition) is 6. The summed E-state index contributed by atoms with van der Waals surface area (Å²) >= 11 is 0. The first-order valence-corrected chi connectivity index (χ1v) is 25.1. The van der Waals surface area contributed by atoms with E-state index in [4.69, 9.17) is 23.3 Å². The SMILES string of the molecule is CCCCC/C=C/C/C=C/C=C\C=C/C1OC1CCCC(=O)OC(COC(=O)CCCCCCCCCCCCCCCCC)COP(=O)(O)OC1C(O)C(O)C(O)C(O)C1O. The summed E-state index contributed by atoms with van der Waals surface area (Å²) in [6.07, 6.45) is 27.5. The van der Waals surface area contributed by atoms with E-state index >= 15 is 0 Å². The van der Waals surface area contributed by atoms with E-state index in [2.05, 4.69) is 32.1 Å². The second-order valence-corrected chi connectivity index (χ2v) is 18.1. The van der Waals surface area contributed by atoms with Crippen LogP contribution in [0.25, 0.3) is 0 Å². The van der Waals surface area contributed by atoms with E-state index in [9.17, 15) is 44.6 Å². The van der Waals surface area contributed by atoms with Crippen LogP contribution in [0.2, 0.25) is 0 Å². The molecule has 0 bridgehead atoms. The van der Waals surface area contributed by atoms with E-state index in [0.29, 0.717) is 19.3 Å². The van der Waals surface area contributed by atoms with Crippen molar-refractivity contribution < 1.29 is 67.8 Å². The number of carbonyl (C=O) groups excluding carboxylic acids is 2. The molecule has 0 spiro atoms. The molecule has 1 saturated carbocycles. The van der Waals surface area contributed by atoms with Crippen LogP contribution in [-0.2, 0) is 37.4 Å². The molecule has 1 aliphatic carbocycles. The first kappa shape index (κ1) is 55.9. The molecular formula is C47H81O14P. The molecule has 2 fully saturated rings. The van der Waals surface area contributed by atoms with Crippen LogP contribution in [0.15, 0.2) is 48.6 Å². The lowest BCUT2D eigenvalue weighted by atomic mass is 9.85. The largest absolute Gasteiger partial charge is 0.472 e. The molecule has 0 amide bonds. The standard InChI is InChI=1S/C47H81O14P/c1-3-5-7-9-11-13-15-17-18-19-21-23-25-27-29-33-40(48)57-35-37(36-58-62(55,56)61-47-45(53)43(51)42(50)44(52)46(47)54)59-41(49)34-30-32-39-38(60-39)31-28-26-24-22-20-16-14-12-10-8-6-4-2/h12,14,20,22,24,26,28,31,37-39,42-47,50-54H,3-11,13,15-19,21,23,25,27,29-30,32-36H2,1-2H3,(H,55,56)/b14-12+,22-20+,26-24-,31-28-. The van der Waals surface area contributed by atoms with Crippen LogP contribution in [-0.4, -0.2) is 111 Å². The van der Waals surface area contributed by atoms with Crippen molar-refractivity contribution in [2.75, 3.05) is 13.2 Å². The van der Waals surface area contributed by atoms with Crippen LogP contribution in [0.1, 0.15) is 168 Å². The van der Waals surface area contributed by atoms with Gasteiger partial charge in [-0.25, -0.2) is 4.57 Å². The Labute approximate surface area is 371 Å². The van der Waals surface area contributed by atoms with Crippen molar-refractivity contribution in [3.63, 3.8) is 0 Å². The number of phosphoric acid groups is 1. The summed E-state index contributed by atoms with van der Waals surface area (Å²) < 4.78 is 39.2. The van der Waals surface area contributed by atoms with Gasteiger partial charge >= 0.3 is 19.8 Å². The van der Waals surface area contributed by atoms with Gasteiger partial charge in [0.15, 0.2) is 6.10 Å². The molecule has 14 nitrogen and oxygen atoms in total. The van der Waals surface area contributed by atoms with Crippen molar-refractivity contribution in [3.8, 4) is 0 Å². The van der Waals surface area contributed by atoms with Gasteiger partial charge in [-0.15, -0.1) is 0 Å². The predicted molar refractivity (Wildman–Crippen MR) is 239 cm³/mol.